The van der Waals surface area contributed by atoms with Crippen molar-refractivity contribution in [1.29, 1.82) is 0 Å². The molecule has 1 aliphatic rings. The molecule has 1 atom stereocenters. The zero-order valence-electron chi connectivity index (χ0n) is 14.1. The third-order valence-electron chi connectivity index (χ3n) is 4.33. The molecule has 3 rings (SSSR count). The van der Waals surface area contributed by atoms with Gasteiger partial charge in [0.15, 0.2) is 0 Å². The van der Waals surface area contributed by atoms with E-state index in [1.54, 1.807) is 24.5 Å². The van der Waals surface area contributed by atoms with Crippen molar-refractivity contribution in [2.75, 3.05) is 13.1 Å². The van der Waals surface area contributed by atoms with E-state index in [0.29, 0.717) is 18.0 Å². The molecule has 0 amide bonds. The fourth-order valence-electron chi connectivity index (χ4n) is 2.75. The van der Waals surface area contributed by atoms with Gasteiger partial charge < -0.3 is 4.74 Å². The molecule has 0 bridgehead atoms. The lowest BCUT2D eigenvalue weighted by atomic mass is 10.1. The summed E-state index contributed by atoms with van der Waals surface area (Å²) in [6.45, 7) is 4.68. The average Bonchev–Trinajstić information content (AvgIpc) is 2.59. The summed E-state index contributed by atoms with van der Waals surface area (Å²) in [6.07, 6.45) is 4.48. The van der Waals surface area contributed by atoms with Crippen LogP contribution in [0.5, 0.6) is 6.01 Å². The van der Waals surface area contributed by atoms with E-state index in [9.17, 15) is 8.42 Å². The number of ether oxygens (including phenoxy) is 1. The first-order valence-corrected chi connectivity index (χ1v) is 10.3. The predicted molar refractivity (Wildman–Crippen MR) is 98.1 cm³/mol. The van der Waals surface area contributed by atoms with Gasteiger partial charge in [0.25, 0.3) is 0 Å². The maximum absolute atomic E-state index is 12.9. The highest BCUT2D eigenvalue weighted by atomic mass is 79.9. The summed E-state index contributed by atoms with van der Waals surface area (Å²) in [5.41, 5.74) is 2.04. The fourth-order valence-corrected chi connectivity index (χ4v) is 4.55. The Labute approximate surface area is 156 Å². The van der Waals surface area contributed by atoms with Gasteiger partial charge in [0.05, 0.1) is 15.9 Å². The van der Waals surface area contributed by atoms with Crippen molar-refractivity contribution < 1.29 is 13.2 Å². The summed E-state index contributed by atoms with van der Waals surface area (Å²) < 4.78 is 33.9. The van der Waals surface area contributed by atoms with E-state index in [-0.39, 0.29) is 12.1 Å². The van der Waals surface area contributed by atoms with Crippen molar-refractivity contribution in [1.82, 2.24) is 14.3 Å². The van der Waals surface area contributed by atoms with Crippen molar-refractivity contribution in [2.45, 2.75) is 37.7 Å². The Balaban J connectivity index is 1.75. The Hall–Kier alpha value is -1.51. The predicted octanol–water partition coefficient (Wildman–Crippen LogP) is 3.09. The van der Waals surface area contributed by atoms with Crippen molar-refractivity contribution in [3.8, 4) is 6.01 Å². The van der Waals surface area contributed by atoms with Gasteiger partial charge in [-0.15, -0.1) is 0 Å². The van der Waals surface area contributed by atoms with E-state index < -0.39 is 10.0 Å². The van der Waals surface area contributed by atoms with Gasteiger partial charge in [-0.1, -0.05) is 6.07 Å². The van der Waals surface area contributed by atoms with Crippen molar-refractivity contribution in [3.63, 3.8) is 0 Å². The van der Waals surface area contributed by atoms with Crippen molar-refractivity contribution in [3.05, 3.63) is 46.2 Å². The zero-order valence-corrected chi connectivity index (χ0v) is 16.5. The molecule has 1 aromatic heterocycles. The minimum atomic E-state index is -3.53. The Kier molecular flexibility index (Phi) is 5.41. The van der Waals surface area contributed by atoms with Crippen LogP contribution in [0.2, 0.25) is 0 Å². The van der Waals surface area contributed by atoms with Crippen LogP contribution < -0.4 is 4.74 Å². The van der Waals surface area contributed by atoms with Crippen LogP contribution in [0.3, 0.4) is 0 Å². The molecule has 6 nitrogen and oxygen atoms in total. The second-order valence-electron chi connectivity index (χ2n) is 6.18. The maximum atomic E-state index is 12.9. The summed E-state index contributed by atoms with van der Waals surface area (Å²) in [5, 5.41) is 0. The molecule has 0 N–H and O–H groups in total. The Morgan fingerprint density at radius 3 is 2.60 bits per heavy atom. The van der Waals surface area contributed by atoms with Crippen LogP contribution in [0.4, 0.5) is 0 Å². The summed E-state index contributed by atoms with van der Waals surface area (Å²) in [5.74, 6) is 0. The molecule has 8 heteroatoms. The van der Waals surface area contributed by atoms with Gasteiger partial charge in [-0.2, -0.15) is 4.31 Å². The number of sulfonamides is 1. The van der Waals surface area contributed by atoms with Crippen LogP contribution >= 0.6 is 15.9 Å². The number of rotatable bonds is 4. The van der Waals surface area contributed by atoms with E-state index in [1.807, 2.05) is 19.9 Å². The van der Waals surface area contributed by atoms with Gasteiger partial charge in [-0.25, -0.2) is 18.4 Å². The molecule has 1 fully saturated rings. The Morgan fingerprint density at radius 2 is 1.92 bits per heavy atom. The SMILES string of the molecule is Cc1ccc(S(=O)(=O)N2CCCC(Oc3ncc(Br)cn3)C2)cc1C. The molecule has 0 radical (unpaired) electrons. The Morgan fingerprint density at radius 1 is 1.20 bits per heavy atom. The summed E-state index contributed by atoms with van der Waals surface area (Å²) in [7, 11) is -3.53. The number of piperidine rings is 1. The van der Waals surface area contributed by atoms with Crippen LogP contribution in [0.15, 0.2) is 40.0 Å². The van der Waals surface area contributed by atoms with Gasteiger partial charge in [0.2, 0.25) is 10.0 Å². The first-order valence-electron chi connectivity index (χ1n) is 8.08. The molecule has 25 heavy (non-hydrogen) atoms. The van der Waals surface area contributed by atoms with Crippen LogP contribution in [-0.4, -0.2) is 41.9 Å². The zero-order chi connectivity index (χ0) is 18.0. The molecular formula is C17H20BrN3O3S. The maximum Gasteiger partial charge on any atom is 0.316 e. The van der Waals surface area contributed by atoms with E-state index >= 15 is 0 Å². The van der Waals surface area contributed by atoms with Gasteiger partial charge in [0, 0.05) is 18.9 Å². The van der Waals surface area contributed by atoms with Gasteiger partial charge in [0.1, 0.15) is 6.10 Å². The minimum absolute atomic E-state index is 0.253. The van der Waals surface area contributed by atoms with Gasteiger partial charge in [-0.05, 0) is 65.9 Å². The largest absolute Gasteiger partial charge is 0.459 e. The van der Waals surface area contributed by atoms with Gasteiger partial charge in [-0.3, -0.25) is 0 Å². The van der Waals surface area contributed by atoms with Crippen molar-refractivity contribution in [2.24, 2.45) is 0 Å². The number of aromatic nitrogens is 2. The van der Waals surface area contributed by atoms with E-state index in [2.05, 4.69) is 25.9 Å². The summed E-state index contributed by atoms with van der Waals surface area (Å²) >= 11 is 3.27. The first kappa shape index (κ1) is 18.3. The van der Waals surface area contributed by atoms with Crippen LogP contribution in [0.1, 0.15) is 24.0 Å². The molecule has 1 aromatic carbocycles. The third-order valence-corrected chi connectivity index (χ3v) is 6.60. The number of hydrogen-bond donors (Lipinski definition) is 0. The molecule has 1 saturated heterocycles. The van der Waals surface area contributed by atoms with Crippen LogP contribution in [0.25, 0.3) is 0 Å². The van der Waals surface area contributed by atoms with Crippen molar-refractivity contribution >= 4 is 26.0 Å². The van der Waals surface area contributed by atoms with Crippen LogP contribution in [-0.2, 0) is 10.0 Å². The number of aryl methyl sites for hydroxylation is 2. The molecule has 134 valence electrons. The highest BCUT2D eigenvalue weighted by Crippen LogP contribution is 2.24. The third kappa shape index (κ3) is 4.19. The lowest BCUT2D eigenvalue weighted by Crippen LogP contribution is -2.44. The van der Waals surface area contributed by atoms with E-state index in [1.165, 1.54) is 4.31 Å². The molecule has 0 aliphatic carbocycles. The van der Waals surface area contributed by atoms with Crippen LogP contribution in [0, 0.1) is 13.8 Å². The van der Waals surface area contributed by atoms with E-state index in [0.717, 1.165) is 28.4 Å². The number of benzene rings is 1. The molecule has 2 heterocycles. The lowest BCUT2D eigenvalue weighted by molar-refractivity contribution is 0.119. The highest BCUT2D eigenvalue weighted by Gasteiger charge is 2.31. The molecule has 2 aromatic rings. The standard InChI is InChI=1S/C17H20BrN3O3S/c1-12-5-6-16(8-13(12)2)25(22,23)21-7-3-4-15(11-21)24-17-19-9-14(18)10-20-17/h5-6,8-10,15H,3-4,7,11H2,1-2H3. The lowest BCUT2D eigenvalue weighted by Gasteiger charge is -2.31. The number of hydrogen-bond acceptors (Lipinski definition) is 5. The summed E-state index contributed by atoms with van der Waals surface area (Å²) in [6, 6.07) is 5.50. The first-order chi connectivity index (χ1) is 11.9. The smallest absolute Gasteiger partial charge is 0.316 e. The normalized spacial score (nSPS) is 18.9. The monoisotopic (exact) mass is 425 g/mol. The summed E-state index contributed by atoms with van der Waals surface area (Å²) in [4.78, 5) is 8.51. The number of nitrogens with zero attached hydrogens (tertiary/aromatic N) is 3. The molecule has 1 aliphatic heterocycles. The van der Waals surface area contributed by atoms with E-state index in [4.69, 9.17) is 4.74 Å². The molecule has 0 spiro atoms. The molecular weight excluding hydrogens is 406 g/mol. The average molecular weight is 426 g/mol. The minimum Gasteiger partial charge on any atom is -0.459 e. The molecule has 1 unspecified atom stereocenters. The molecule has 0 saturated carbocycles. The second-order valence-corrected chi connectivity index (χ2v) is 9.03. The Bertz CT molecular complexity index is 856. The van der Waals surface area contributed by atoms with Gasteiger partial charge >= 0.3 is 6.01 Å². The second kappa shape index (κ2) is 7.39. The number of halogens is 1. The topological polar surface area (TPSA) is 72.4 Å². The fraction of sp³-hybridized carbons (Fsp3) is 0.412. The quantitative estimate of drug-likeness (QED) is 0.752. The highest BCUT2D eigenvalue weighted by molar-refractivity contribution is 9.10.